The summed E-state index contributed by atoms with van der Waals surface area (Å²) in [6.07, 6.45) is 5.63. The zero-order chi connectivity index (χ0) is 11.8. The number of alkyl halides is 1. The van der Waals surface area contributed by atoms with Gasteiger partial charge in [-0.25, -0.2) is 0 Å². The van der Waals surface area contributed by atoms with E-state index in [1.807, 2.05) is 0 Å². The van der Waals surface area contributed by atoms with Crippen molar-refractivity contribution in [1.82, 2.24) is 0 Å². The molecule has 2 heteroatoms. The minimum atomic E-state index is -0.602. The first-order chi connectivity index (χ1) is 7.46. The van der Waals surface area contributed by atoms with Crippen LogP contribution in [0.2, 0.25) is 0 Å². The van der Waals surface area contributed by atoms with E-state index in [9.17, 15) is 5.11 Å². The van der Waals surface area contributed by atoms with Crippen LogP contribution in [0.4, 0.5) is 0 Å². The van der Waals surface area contributed by atoms with Gasteiger partial charge in [-0.05, 0) is 31.6 Å². The second-order valence-electron chi connectivity index (χ2n) is 5.96. The summed E-state index contributed by atoms with van der Waals surface area (Å²) in [5.41, 5.74) is -0.683. The van der Waals surface area contributed by atoms with Gasteiger partial charge >= 0.3 is 0 Å². The molecule has 2 aliphatic carbocycles. The smallest absolute Gasteiger partial charge is 0.0844 e. The van der Waals surface area contributed by atoms with E-state index in [-0.39, 0.29) is 5.41 Å². The Morgan fingerprint density at radius 1 is 1.06 bits per heavy atom. The molecule has 0 radical (unpaired) electrons. The molecular formula is C14H21ClO. The molecule has 0 aliphatic heterocycles. The molecule has 90 valence electrons. The summed E-state index contributed by atoms with van der Waals surface area (Å²) in [6, 6.07) is 0. The molecule has 1 nitrogen and oxygen atoms in total. The molecule has 1 fully saturated rings. The maximum atomic E-state index is 11.0. The zero-order valence-corrected chi connectivity index (χ0v) is 11.0. The number of aliphatic hydroxyl groups is 1. The van der Waals surface area contributed by atoms with Crippen molar-refractivity contribution in [2.45, 2.75) is 63.4 Å². The lowest BCUT2D eigenvalue weighted by Crippen LogP contribution is -2.52. The molecule has 16 heavy (non-hydrogen) atoms. The highest BCUT2D eigenvalue weighted by Crippen LogP contribution is 2.48. The number of halogens is 1. The first kappa shape index (κ1) is 12.3. The van der Waals surface area contributed by atoms with Crippen LogP contribution >= 0.6 is 11.6 Å². The molecule has 0 amide bonds. The van der Waals surface area contributed by atoms with Crippen molar-refractivity contribution < 1.29 is 5.11 Å². The standard InChI is InChI=1S/C14H21ClO/c1-13(2)9-3-4-10-14(13,16)11-5-7-12(15)8-6-11/h11-12,16H,5-10H2,1-2H3. The number of hydrogen-bond acceptors (Lipinski definition) is 1. The Balaban J connectivity index is 2.16. The predicted octanol–water partition coefficient (Wildman–Crippen LogP) is 3.34. The van der Waals surface area contributed by atoms with Gasteiger partial charge in [0.1, 0.15) is 0 Å². The molecule has 0 aromatic heterocycles. The minimum Gasteiger partial charge on any atom is -0.388 e. The quantitative estimate of drug-likeness (QED) is 0.551. The summed E-state index contributed by atoms with van der Waals surface area (Å²) in [5.74, 6) is 6.63. The van der Waals surface area contributed by atoms with Crippen molar-refractivity contribution in [2.24, 2.45) is 11.3 Å². The van der Waals surface area contributed by atoms with E-state index in [2.05, 4.69) is 25.7 Å². The van der Waals surface area contributed by atoms with Crippen LogP contribution < -0.4 is 0 Å². The first-order valence-corrected chi connectivity index (χ1v) is 6.71. The van der Waals surface area contributed by atoms with Crippen LogP contribution in [0.3, 0.4) is 0 Å². The van der Waals surface area contributed by atoms with E-state index in [1.54, 1.807) is 0 Å². The van der Waals surface area contributed by atoms with Gasteiger partial charge in [-0.3, -0.25) is 0 Å². The van der Waals surface area contributed by atoms with Crippen molar-refractivity contribution in [1.29, 1.82) is 0 Å². The van der Waals surface area contributed by atoms with Crippen molar-refractivity contribution in [2.75, 3.05) is 0 Å². The largest absolute Gasteiger partial charge is 0.388 e. The summed E-state index contributed by atoms with van der Waals surface area (Å²) >= 11 is 6.13. The van der Waals surface area contributed by atoms with Gasteiger partial charge in [0.2, 0.25) is 0 Å². The fraction of sp³-hybridized carbons (Fsp3) is 0.857. The molecule has 0 aromatic rings. The molecule has 2 aliphatic rings. The summed E-state index contributed by atoms with van der Waals surface area (Å²) in [4.78, 5) is 0. The van der Waals surface area contributed by atoms with Gasteiger partial charge in [0.15, 0.2) is 0 Å². The van der Waals surface area contributed by atoms with Crippen LogP contribution in [0.25, 0.3) is 0 Å². The lowest BCUT2D eigenvalue weighted by atomic mass is 9.60. The molecule has 0 aromatic carbocycles. The molecule has 1 N–H and O–H groups in total. The fourth-order valence-electron chi connectivity index (χ4n) is 3.10. The highest BCUT2D eigenvalue weighted by molar-refractivity contribution is 6.20. The van der Waals surface area contributed by atoms with Crippen LogP contribution in [0.5, 0.6) is 0 Å². The van der Waals surface area contributed by atoms with E-state index < -0.39 is 5.60 Å². The Labute approximate surface area is 104 Å². The van der Waals surface area contributed by atoms with Crippen molar-refractivity contribution in [3.63, 3.8) is 0 Å². The third-order valence-corrected chi connectivity index (χ3v) is 4.95. The fourth-order valence-corrected chi connectivity index (χ4v) is 3.35. The Bertz CT molecular complexity index is 317. The van der Waals surface area contributed by atoms with Gasteiger partial charge in [-0.1, -0.05) is 13.8 Å². The Hall–Kier alpha value is -0.190. The third-order valence-electron chi connectivity index (χ3n) is 4.52. The molecule has 1 atom stereocenters. The van der Waals surface area contributed by atoms with Gasteiger partial charge in [-0.15, -0.1) is 23.4 Å². The van der Waals surface area contributed by atoms with E-state index >= 15 is 0 Å². The van der Waals surface area contributed by atoms with Crippen molar-refractivity contribution in [3.8, 4) is 11.8 Å². The minimum absolute atomic E-state index is 0.0813. The van der Waals surface area contributed by atoms with E-state index in [0.29, 0.717) is 17.7 Å². The van der Waals surface area contributed by atoms with Crippen molar-refractivity contribution >= 4 is 11.6 Å². The van der Waals surface area contributed by atoms with Gasteiger partial charge in [0.05, 0.1) is 5.60 Å². The monoisotopic (exact) mass is 240 g/mol. The van der Waals surface area contributed by atoms with Crippen LogP contribution in [-0.2, 0) is 0 Å². The Kier molecular flexibility index (Phi) is 3.25. The van der Waals surface area contributed by atoms with E-state index in [0.717, 1.165) is 32.1 Å². The summed E-state index contributed by atoms with van der Waals surface area (Å²) < 4.78 is 0. The van der Waals surface area contributed by atoms with E-state index in [1.165, 1.54) is 0 Å². The molecule has 0 bridgehead atoms. The summed E-state index contributed by atoms with van der Waals surface area (Å²) in [7, 11) is 0. The highest BCUT2D eigenvalue weighted by atomic mass is 35.5. The molecule has 1 unspecified atom stereocenters. The van der Waals surface area contributed by atoms with Gasteiger partial charge in [-0.2, -0.15) is 0 Å². The lowest BCUT2D eigenvalue weighted by molar-refractivity contribution is -0.118. The third kappa shape index (κ3) is 1.98. The Morgan fingerprint density at radius 2 is 1.62 bits per heavy atom. The van der Waals surface area contributed by atoms with Crippen LogP contribution in [-0.4, -0.2) is 16.1 Å². The second kappa shape index (κ2) is 4.24. The number of hydrogen-bond donors (Lipinski definition) is 1. The van der Waals surface area contributed by atoms with Gasteiger partial charge < -0.3 is 5.11 Å². The zero-order valence-electron chi connectivity index (χ0n) is 10.2. The predicted molar refractivity (Wildman–Crippen MR) is 67.3 cm³/mol. The van der Waals surface area contributed by atoms with Crippen LogP contribution in [0, 0.1) is 23.2 Å². The Morgan fingerprint density at radius 3 is 2.19 bits per heavy atom. The normalized spacial score (nSPS) is 42.2. The molecule has 0 saturated heterocycles. The first-order valence-electron chi connectivity index (χ1n) is 6.28. The average Bonchev–Trinajstić information content (AvgIpc) is 2.23. The lowest BCUT2D eigenvalue weighted by Gasteiger charge is -2.49. The molecule has 0 spiro atoms. The SMILES string of the molecule is CC1(C)CC#CCC1(O)C1CCC(Cl)CC1. The van der Waals surface area contributed by atoms with Gasteiger partial charge in [0, 0.05) is 23.6 Å². The molecular weight excluding hydrogens is 220 g/mol. The highest BCUT2D eigenvalue weighted by Gasteiger charge is 2.49. The van der Waals surface area contributed by atoms with Crippen LogP contribution in [0.15, 0.2) is 0 Å². The molecule has 1 saturated carbocycles. The average molecular weight is 241 g/mol. The van der Waals surface area contributed by atoms with Gasteiger partial charge in [0.25, 0.3) is 0 Å². The van der Waals surface area contributed by atoms with Crippen LogP contribution in [0.1, 0.15) is 52.4 Å². The topological polar surface area (TPSA) is 20.2 Å². The number of rotatable bonds is 1. The summed E-state index contributed by atoms with van der Waals surface area (Å²) in [5, 5.41) is 11.3. The maximum Gasteiger partial charge on any atom is 0.0844 e. The molecule has 2 rings (SSSR count). The van der Waals surface area contributed by atoms with E-state index in [4.69, 9.17) is 11.6 Å². The summed E-state index contributed by atoms with van der Waals surface area (Å²) in [6.45, 7) is 4.29. The molecule has 0 heterocycles. The maximum absolute atomic E-state index is 11.0. The second-order valence-corrected chi connectivity index (χ2v) is 6.58. The van der Waals surface area contributed by atoms with Crippen molar-refractivity contribution in [3.05, 3.63) is 0 Å².